The molecule has 0 aliphatic rings. The number of sulfonamides is 1. The normalized spacial score (nSPS) is 11.3. The van der Waals surface area contributed by atoms with Gasteiger partial charge in [-0.2, -0.15) is 0 Å². The molecule has 1 N–H and O–H groups in total. The molecule has 0 spiro atoms. The van der Waals surface area contributed by atoms with Crippen LogP contribution in [0.1, 0.15) is 25.0 Å². The lowest BCUT2D eigenvalue weighted by Crippen LogP contribution is -2.38. The highest BCUT2D eigenvalue weighted by atomic mass is 32.2. The number of rotatable bonds is 7. The summed E-state index contributed by atoms with van der Waals surface area (Å²) in [6.07, 6.45) is 2.13. The number of amides is 1. The number of benzene rings is 2. The SMILES string of the molecule is CCc1cccc(CC)c1N(CC(=O)Nc1c(F)cccc1F)S(C)(=O)=O. The van der Waals surface area contributed by atoms with Crippen LogP contribution in [0.2, 0.25) is 0 Å². The molecule has 2 aromatic rings. The van der Waals surface area contributed by atoms with Gasteiger partial charge in [0.25, 0.3) is 0 Å². The third-order valence-corrected chi connectivity index (χ3v) is 5.24. The molecule has 0 bridgehead atoms. The largest absolute Gasteiger partial charge is 0.320 e. The molecular weight excluding hydrogens is 374 g/mol. The third-order valence-electron chi connectivity index (χ3n) is 4.13. The second-order valence-electron chi connectivity index (χ2n) is 6.05. The number of anilines is 2. The van der Waals surface area contributed by atoms with Crippen molar-refractivity contribution in [2.75, 3.05) is 22.4 Å². The van der Waals surface area contributed by atoms with E-state index in [0.717, 1.165) is 33.8 Å². The van der Waals surface area contributed by atoms with Crippen molar-refractivity contribution < 1.29 is 22.0 Å². The summed E-state index contributed by atoms with van der Waals surface area (Å²) in [5, 5.41) is 2.13. The molecule has 0 fully saturated rings. The minimum Gasteiger partial charge on any atom is -0.320 e. The summed E-state index contributed by atoms with van der Waals surface area (Å²) >= 11 is 0. The van der Waals surface area contributed by atoms with E-state index < -0.39 is 39.8 Å². The van der Waals surface area contributed by atoms with Gasteiger partial charge in [-0.25, -0.2) is 17.2 Å². The molecule has 2 aromatic carbocycles. The first-order chi connectivity index (χ1) is 12.7. The Morgan fingerprint density at radius 3 is 1.93 bits per heavy atom. The minimum absolute atomic E-state index is 0.439. The molecule has 27 heavy (non-hydrogen) atoms. The first-order valence-electron chi connectivity index (χ1n) is 8.51. The maximum Gasteiger partial charge on any atom is 0.245 e. The average Bonchev–Trinajstić information content (AvgIpc) is 2.61. The molecule has 2 rings (SSSR count). The van der Waals surface area contributed by atoms with Gasteiger partial charge >= 0.3 is 0 Å². The number of carbonyl (C=O) groups is 1. The summed E-state index contributed by atoms with van der Waals surface area (Å²) < 4.78 is 53.3. The molecule has 0 unspecified atom stereocenters. The second-order valence-corrected chi connectivity index (χ2v) is 7.95. The molecule has 0 atom stereocenters. The number of hydrogen-bond acceptors (Lipinski definition) is 3. The highest BCUT2D eigenvalue weighted by Gasteiger charge is 2.25. The highest BCUT2D eigenvalue weighted by molar-refractivity contribution is 7.92. The smallest absolute Gasteiger partial charge is 0.245 e. The van der Waals surface area contributed by atoms with Crippen LogP contribution in [0.3, 0.4) is 0 Å². The van der Waals surface area contributed by atoms with Crippen molar-refractivity contribution in [3.8, 4) is 0 Å². The summed E-state index contributed by atoms with van der Waals surface area (Å²) in [5.74, 6) is -2.70. The van der Waals surface area contributed by atoms with Crippen LogP contribution in [0, 0.1) is 11.6 Å². The van der Waals surface area contributed by atoms with Crippen molar-refractivity contribution in [1.82, 2.24) is 0 Å². The molecule has 146 valence electrons. The van der Waals surface area contributed by atoms with Crippen molar-refractivity contribution >= 4 is 27.3 Å². The second kappa shape index (κ2) is 8.47. The van der Waals surface area contributed by atoms with Crippen LogP contribution in [-0.4, -0.2) is 27.1 Å². The maximum absolute atomic E-state index is 13.8. The molecule has 0 aromatic heterocycles. The number of nitrogens with zero attached hydrogens (tertiary/aromatic N) is 1. The van der Waals surface area contributed by atoms with Crippen molar-refractivity contribution in [2.24, 2.45) is 0 Å². The van der Waals surface area contributed by atoms with E-state index in [4.69, 9.17) is 0 Å². The minimum atomic E-state index is -3.81. The van der Waals surface area contributed by atoms with Crippen LogP contribution < -0.4 is 9.62 Å². The van der Waals surface area contributed by atoms with Crippen molar-refractivity contribution in [2.45, 2.75) is 26.7 Å². The Balaban J connectivity index is 2.41. The van der Waals surface area contributed by atoms with E-state index >= 15 is 0 Å². The summed E-state index contributed by atoms with van der Waals surface area (Å²) in [6, 6.07) is 8.61. The van der Waals surface area contributed by atoms with Crippen molar-refractivity contribution in [3.05, 3.63) is 59.2 Å². The van der Waals surface area contributed by atoms with Gasteiger partial charge in [0.05, 0.1) is 11.9 Å². The fourth-order valence-corrected chi connectivity index (χ4v) is 3.74. The van der Waals surface area contributed by atoms with Gasteiger partial charge in [-0.15, -0.1) is 0 Å². The number of carbonyl (C=O) groups excluding carboxylic acids is 1. The van der Waals surface area contributed by atoms with E-state index in [0.29, 0.717) is 18.5 Å². The third kappa shape index (κ3) is 4.82. The first-order valence-corrected chi connectivity index (χ1v) is 10.4. The molecule has 0 saturated carbocycles. The molecular formula is C19H22F2N2O3S. The van der Waals surface area contributed by atoms with Crippen LogP contribution in [0.25, 0.3) is 0 Å². The zero-order valence-corrected chi connectivity index (χ0v) is 16.2. The zero-order valence-electron chi connectivity index (χ0n) is 15.4. The Bertz CT molecular complexity index is 903. The van der Waals surface area contributed by atoms with E-state index in [1.165, 1.54) is 6.07 Å². The molecule has 0 heterocycles. The van der Waals surface area contributed by atoms with Crippen LogP contribution in [0.15, 0.2) is 36.4 Å². The van der Waals surface area contributed by atoms with Crippen LogP contribution in [0.4, 0.5) is 20.2 Å². The number of hydrogen-bond donors (Lipinski definition) is 1. The van der Waals surface area contributed by atoms with Gasteiger partial charge in [-0.05, 0) is 36.1 Å². The van der Waals surface area contributed by atoms with E-state index in [9.17, 15) is 22.0 Å². The lowest BCUT2D eigenvalue weighted by molar-refractivity contribution is -0.114. The molecule has 5 nitrogen and oxygen atoms in total. The Hall–Kier alpha value is -2.48. The number of halogens is 2. The van der Waals surface area contributed by atoms with Crippen LogP contribution in [-0.2, 0) is 27.7 Å². The van der Waals surface area contributed by atoms with Gasteiger partial charge in [-0.1, -0.05) is 38.1 Å². The monoisotopic (exact) mass is 396 g/mol. The fraction of sp³-hybridized carbons (Fsp3) is 0.316. The Morgan fingerprint density at radius 2 is 1.48 bits per heavy atom. The number of para-hydroxylation sites is 2. The van der Waals surface area contributed by atoms with Gasteiger partial charge < -0.3 is 5.32 Å². The maximum atomic E-state index is 13.8. The van der Waals surface area contributed by atoms with E-state index in [1.54, 1.807) is 12.1 Å². The molecule has 8 heteroatoms. The molecule has 0 saturated heterocycles. The van der Waals surface area contributed by atoms with E-state index in [-0.39, 0.29) is 0 Å². The Morgan fingerprint density at radius 1 is 1.00 bits per heavy atom. The van der Waals surface area contributed by atoms with Gasteiger partial charge in [-0.3, -0.25) is 9.10 Å². The average molecular weight is 396 g/mol. The van der Waals surface area contributed by atoms with Gasteiger partial charge in [0.15, 0.2) is 0 Å². The first kappa shape index (κ1) is 20.8. The van der Waals surface area contributed by atoms with E-state index in [1.807, 2.05) is 19.9 Å². The quantitative estimate of drug-likeness (QED) is 0.779. The van der Waals surface area contributed by atoms with Crippen molar-refractivity contribution in [1.29, 1.82) is 0 Å². The topological polar surface area (TPSA) is 66.5 Å². The van der Waals surface area contributed by atoms with Crippen molar-refractivity contribution in [3.63, 3.8) is 0 Å². The van der Waals surface area contributed by atoms with E-state index in [2.05, 4.69) is 5.32 Å². The zero-order chi connectivity index (χ0) is 20.2. The summed E-state index contributed by atoms with van der Waals surface area (Å²) in [6.45, 7) is 3.18. The molecule has 0 aliphatic carbocycles. The lowest BCUT2D eigenvalue weighted by Gasteiger charge is -2.26. The number of nitrogens with one attached hydrogen (secondary N) is 1. The number of aryl methyl sites for hydroxylation is 2. The predicted molar refractivity (Wildman–Crippen MR) is 102 cm³/mol. The molecule has 1 amide bonds. The highest BCUT2D eigenvalue weighted by Crippen LogP contribution is 2.29. The Kier molecular flexibility index (Phi) is 6.54. The van der Waals surface area contributed by atoms with Gasteiger partial charge in [0.1, 0.15) is 23.9 Å². The van der Waals surface area contributed by atoms with Crippen LogP contribution in [0.5, 0.6) is 0 Å². The Labute approximate surface area is 158 Å². The van der Waals surface area contributed by atoms with Gasteiger partial charge in [0, 0.05) is 0 Å². The standard InChI is InChI=1S/C19H22F2N2O3S/c1-4-13-8-6-9-14(5-2)19(13)23(27(3,25)26)12-17(24)22-18-15(20)10-7-11-16(18)21/h6-11H,4-5,12H2,1-3H3,(H,22,24). The summed E-state index contributed by atoms with van der Waals surface area (Å²) in [5.41, 5.74) is 1.37. The summed E-state index contributed by atoms with van der Waals surface area (Å²) in [7, 11) is -3.81. The van der Waals surface area contributed by atoms with Crippen LogP contribution >= 0.6 is 0 Å². The predicted octanol–water partition coefficient (Wildman–Crippen LogP) is 3.49. The van der Waals surface area contributed by atoms with Gasteiger partial charge in [0.2, 0.25) is 15.9 Å². The lowest BCUT2D eigenvalue weighted by atomic mass is 10.0. The molecule has 0 aliphatic heterocycles. The summed E-state index contributed by atoms with van der Waals surface area (Å²) in [4.78, 5) is 12.4. The molecule has 0 radical (unpaired) electrons. The fourth-order valence-electron chi connectivity index (χ4n) is 2.82.